The predicted octanol–water partition coefficient (Wildman–Crippen LogP) is 4.34. The monoisotopic (exact) mass is 287 g/mol. The number of hydrogen-bond acceptors (Lipinski definition) is 3. The van der Waals surface area contributed by atoms with E-state index in [2.05, 4.69) is 45.4 Å². The first-order valence-electron chi connectivity index (χ1n) is 7.32. The zero-order valence-electron chi connectivity index (χ0n) is 11.9. The molecule has 0 bridgehead atoms. The Hall–Kier alpha value is -1.42. The van der Waals surface area contributed by atoms with Gasteiger partial charge in [0, 0.05) is 23.3 Å². The number of thioether (sulfide) groups is 1. The third kappa shape index (κ3) is 2.85. The molecule has 20 heavy (non-hydrogen) atoms. The van der Waals surface area contributed by atoms with E-state index in [1.54, 1.807) is 11.8 Å². The number of nitrogens with zero attached hydrogens (tertiary/aromatic N) is 2. The van der Waals surface area contributed by atoms with E-state index < -0.39 is 0 Å². The molecule has 0 amide bonds. The molecule has 1 aliphatic carbocycles. The minimum atomic E-state index is 0.575. The van der Waals surface area contributed by atoms with Crippen LogP contribution in [0.3, 0.4) is 0 Å². The maximum atomic E-state index is 4.50. The summed E-state index contributed by atoms with van der Waals surface area (Å²) in [6.07, 6.45) is 12.6. The van der Waals surface area contributed by atoms with Crippen molar-refractivity contribution in [2.75, 3.05) is 11.6 Å². The highest BCUT2D eigenvalue weighted by Crippen LogP contribution is 2.27. The van der Waals surface area contributed by atoms with Gasteiger partial charge >= 0.3 is 0 Å². The number of para-hydroxylation sites is 1. The fraction of sp³-hybridized carbons (Fsp3) is 0.438. The average molecular weight is 287 g/mol. The van der Waals surface area contributed by atoms with Gasteiger partial charge in [0.1, 0.15) is 0 Å². The van der Waals surface area contributed by atoms with Gasteiger partial charge in [-0.3, -0.25) is 4.57 Å². The van der Waals surface area contributed by atoms with Gasteiger partial charge in [-0.25, -0.2) is 4.98 Å². The lowest BCUT2D eigenvalue weighted by Crippen LogP contribution is -2.24. The molecule has 0 saturated heterocycles. The highest BCUT2D eigenvalue weighted by molar-refractivity contribution is 7.98. The lowest BCUT2D eigenvalue weighted by atomic mass is 9.96. The lowest BCUT2D eigenvalue weighted by molar-refractivity contribution is 0.460. The predicted molar refractivity (Wildman–Crippen MR) is 85.8 cm³/mol. The van der Waals surface area contributed by atoms with E-state index in [1.165, 1.54) is 42.7 Å². The van der Waals surface area contributed by atoms with Crippen LogP contribution in [0, 0.1) is 0 Å². The van der Waals surface area contributed by atoms with Crippen molar-refractivity contribution in [1.82, 2.24) is 9.55 Å². The van der Waals surface area contributed by atoms with Crippen LogP contribution < -0.4 is 5.32 Å². The van der Waals surface area contributed by atoms with Crippen LogP contribution in [0.4, 0.5) is 5.95 Å². The number of nitrogens with one attached hydrogen (secondary N) is 1. The molecule has 3 rings (SSSR count). The molecule has 1 saturated carbocycles. The summed E-state index contributed by atoms with van der Waals surface area (Å²) in [5.41, 5.74) is 1.20. The molecular weight excluding hydrogens is 266 g/mol. The van der Waals surface area contributed by atoms with Gasteiger partial charge in [0.25, 0.3) is 0 Å². The fourth-order valence-electron chi connectivity index (χ4n) is 2.86. The molecule has 1 aromatic heterocycles. The quantitative estimate of drug-likeness (QED) is 0.848. The minimum absolute atomic E-state index is 0.575. The Morgan fingerprint density at radius 2 is 2.00 bits per heavy atom. The van der Waals surface area contributed by atoms with E-state index in [4.69, 9.17) is 0 Å². The minimum Gasteiger partial charge on any atom is -0.353 e. The van der Waals surface area contributed by atoms with E-state index in [9.17, 15) is 0 Å². The third-order valence-corrected chi connectivity index (χ3v) is 4.71. The highest BCUT2D eigenvalue weighted by Gasteiger charge is 2.16. The van der Waals surface area contributed by atoms with Gasteiger partial charge < -0.3 is 5.32 Å². The first kappa shape index (κ1) is 13.6. The summed E-state index contributed by atoms with van der Waals surface area (Å²) in [6.45, 7) is 0. The molecule has 0 aliphatic heterocycles. The van der Waals surface area contributed by atoms with Crippen molar-refractivity contribution in [1.29, 1.82) is 0 Å². The summed E-state index contributed by atoms with van der Waals surface area (Å²) in [6, 6.07) is 9.05. The summed E-state index contributed by atoms with van der Waals surface area (Å²) in [4.78, 5) is 5.78. The van der Waals surface area contributed by atoms with Crippen LogP contribution in [-0.2, 0) is 0 Å². The Kier molecular flexibility index (Phi) is 4.31. The molecule has 2 aromatic rings. The van der Waals surface area contributed by atoms with Gasteiger partial charge in [-0.05, 0) is 31.2 Å². The third-order valence-electron chi connectivity index (χ3n) is 3.92. The normalized spacial score (nSPS) is 16.2. The largest absolute Gasteiger partial charge is 0.353 e. The van der Waals surface area contributed by atoms with Gasteiger partial charge in [-0.2, -0.15) is 0 Å². The molecule has 4 heteroatoms. The van der Waals surface area contributed by atoms with Gasteiger partial charge in [-0.15, -0.1) is 11.8 Å². The van der Waals surface area contributed by atoms with Crippen molar-refractivity contribution in [2.45, 2.75) is 43.0 Å². The number of benzene rings is 1. The summed E-state index contributed by atoms with van der Waals surface area (Å²) in [5, 5.41) is 3.62. The SMILES string of the molecule is CSc1ccccc1-n1ccnc1NC1CCCCC1. The second-order valence-electron chi connectivity index (χ2n) is 5.27. The van der Waals surface area contributed by atoms with Crippen molar-refractivity contribution in [3.63, 3.8) is 0 Å². The number of anilines is 1. The van der Waals surface area contributed by atoms with E-state index in [0.29, 0.717) is 6.04 Å². The maximum absolute atomic E-state index is 4.50. The average Bonchev–Trinajstić information content (AvgIpc) is 2.96. The van der Waals surface area contributed by atoms with E-state index >= 15 is 0 Å². The van der Waals surface area contributed by atoms with Crippen molar-refractivity contribution in [2.24, 2.45) is 0 Å². The maximum Gasteiger partial charge on any atom is 0.207 e. The number of hydrogen-bond donors (Lipinski definition) is 1. The molecule has 0 atom stereocenters. The topological polar surface area (TPSA) is 29.9 Å². The molecular formula is C16H21N3S. The van der Waals surface area contributed by atoms with E-state index in [-0.39, 0.29) is 0 Å². The van der Waals surface area contributed by atoms with Gasteiger partial charge in [0.05, 0.1) is 5.69 Å². The summed E-state index contributed by atoms with van der Waals surface area (Å²) < 4.78 is 2.17. The Morgan fingerprint density at radius 1 is 1.20 bits per heavy atom. The molecule has 0 unspecified atom stereocenters. The standard InChI is InChI=1S/C16H21N3S/c1-20-15-10-6-5-9-14(15)19-12-11-17-16(19)18-13-7-3-2-4-8-13/h5-6,9-13H,2-4,7-8H2,1H3,(H,17,18). The molecule has 1 heterocycles. The van der Waals surface area contributed by atoms with Crippen LogP contribution in [0.2, 0.25) is 0 Å². The highest BCUT2D eigenvalue weighted by atomic mass is 32.2. The Bertz CT molecular complexity index is 558. The van der Waals surface area contributed by atoms with Crippen molar-refractivity contribution in [3.05, 3.63) is 36.7 Å². The van der Waals surface area contributed by atoms with Gasteiger partial charge in [-0.1, -0.05) is 31.4 Å². The summed E-state index contributed by atoms with van der Waals surface area (Å²) in [7, 11) is 0. The lowest BCUT2D eigenvalue weighted by Gasteiger charge is -2.24. The first-order chi connectivity index (χ1) is 9.88. The zero-order chi connectivity index (χ0) is 13.8. The molecule has 1 aliphatic rings. The van der Waals surface area contributed by atoms with Gasteiger partial charge in [0.2, 0.25) is 5.95 Å². The summed E-state index contributed by atoms with van der Waals surface area (Å²) >= 11 is 1.77. The number of imidazole rings is 1. The molecule has 106 valence electrons. The van der Waals surface area contributed by atoms with Crippen LogP contribution in [0.25, 0.3) is 5.69 Å². The zero-order valence-corrected chi connectivity index (χ0v) is 12.7. The molecule has 1 aromatic carbocycles. The van der Waals surface area contributed by atoms with Crippen LogP contribution >= 0.6 is 11.8 Å². The van der Waals surface area contributed by atoms with E-state index in [1.807, 2.05) is 12.4 Å². The van der Waals surface area contributed by atoms with Crippen molar-refractivity contribution >= 4 is 17.7 Å². The van der Waals surface area contributed by atoms with Crippen LogP contribution in [0.5, 0.6) is 0 Å². The van der Waals surface area contributed by atoms with Crippen molar-refractivity contribution in [3.8, 4) is 5.69 Å². The van der Waals surface area contributed by atoms with Crippen molar-refractivity contribution < 1.29 is 0 Å². The number of rotatable bonds is 4. The first-order valence-corrected chi connectivity index (χ1v) is 8.54. The molecule has 0 radical (unpaired) electrons. The molecule has 1 N–H and O–H groups in total. The smallest absolute Gasteiger partial charge is 0.207 e. The Morgan fingerprint density at radius 3 is 2.80 bits per heavy atom. The van der Waals surface area contributed by atoms with Crippen LogP contribution in [0.15, 0.2) is 41.6 Å². The fourth-order valence-corrected chi connectivity index (χ4v) is 3.45. The Balaban J connectivity index is 1.85. The van der Waals surface area contributed by atoms with Gasteiger partial charge in [0.15, 0.2) is 0 Å². The second-order valence-corrected chi connectivity index (χ2v) is 6.12. The van der Waals surface area contributed by atoms with Crippen LogP contribution in [0.1, 0.15) is 32.1 Å². The van der Waals surface area contributed by atoms with E-state index in [0.717, 1.165) is 5.95 Å². The number of aromatic nitrogens is 2. The molecule has 1 fully saturated rings. The summed E-state index contributed by atoms with van der Waals surface area (Å²) in [5.74, 6) is 0.971. The second kappa shape index (κ2) is 6.35. The Labute approximate surface area is 124 Å². The van der Waals surface area contributed by atoms with Crippen LogP contribution in [-0.4, -0.2) is 21.8 Å². The molecule has 0 spiro atoms. The molecule has 3 nitrogen and oxygen atoms in total.